The first-order valence-corrected chi connectivity index (χ1v) is 8.67. The predicted octanol–water partition coefficient (Wildman–Crippen LogP) is 2.72. The third-order valence-electron chi connectivity index (χ3n) is 3.82. The highest BCUT2D eigenvalue weighted by molar-refractivity contribution is 6.01. The zero-order valence-electron chi connectivity index (χ0n) is 16.1. The van der Waals surface area contributed by atoms with Crippen molar-refractivity contribution in [1.82, 2.24) is 5.43 Å². The summed E-state index contributed by atoms with van der Waals surface area (Å²) in [6.45, 7) is 5.78. The van der Waals surface area contributed by atoms with Gasteiger partial charge in [0.1, 0.15) is 0 Å². The smallest absolute Gasteiger partial charge is 0.314 e. The first-order chi connectivity index (χ1) is 12.5. The van der Waals surface area contributed by atoms with Crippen LogP contribution < -0.4 is 14.9 Å². The van der Waals surface area contributed by atoms with Crippen LogP contribution in [0.3, 0.4) is 0 Å². The molecule has 0 aromatic heterocycles. The van der Waals surface area contributed by atoms with Gasteiger partial charge in [-0.05, 0) is 38.0 Å². The van der Waals surface area contributed by atoms with Crippen LogP contribution >= 0.6 is 0 Å². The van der Waals surface area contributed by atoms with E-state index in [0.717, 1.165) is 12.0 Å². The molecule has 0 aliphatic carbocycles. The predicted molar refractivity (Wildman–Crippen MR) is 99.5 cm³/mol. The highest BCUT2D eigenvalue weighted by Crippen LogP contribution is 2.27. The Balaban J connectivity index is 2.74. The molecule has 0 saturated carbocycles. The van der Waals surface area contributed by atoms with E-state index < -0.39 is 5.92 Å². The van der Waals surface area contributed by atoms with Crippen LogP contribution in [0.15, 0.2) is 23.3 Å². The SMILES string of the molecule is CCC[C@H](C(=O)OCC)/C(C)=N/NC(=O)Cc1ccc(OC)c(OC)c1. The number of benzene rings is 1. The van der Waals surface area contributed by atoms with Gasteiger partial charge in [-0.25, -0.2) is 5.43 Å². The molecule has 0 saturated heterocycles. The Morgan fingerprint density at radius 3 is 2.42 bits per heavy atom. The van der Waals surface area contributed by atoms with Crippen LogP contribution in [0.4, 0.5) is 0 Å². The van der Waals surface area contributed by atoms with Gasteiger partial charge in [0.25, 0.3) is 0 Å². The molecule has 1 amide bonds. The Morgan fingerprint density at radius 2 is 1.85 bits per heavy atom. The molecule has 7 heteroatoms. The topological polar surface area (TPSA) is 86.2 Å². The van der Waals surface area contributed by atoms with Crippen molar-refractivity contribution in [1.29, 1.82) is 0 Å². The first-order valence-electron chi connectivity index (χ1n) is 8.67. The van der Waals surface area contributed by atoms with Gasteiger partial charge >= 0.3 is 5.97 Å². The lowest BCUT2D eigenvalue weighted by Crippen LogP contribution is -2.28. The van der Waals surface area contributed by atoms with Gasteiger partial charge in [-0.3, -0.25) is 9.59 Å². The monoisotopic (exact) mass is 364 g/mol. The number of amides is 1. The van der Waals surface area contributed by atoms with Gasteiger partial charge in [-0.2, -0.15) is 5.10 Å². The number of esters is 1. The first kappa shape index (κ1) is 21.5. The molecule has 1 aromatic carbocycles. The molecule has 1 aromatic rings. The van der Waals surface area contributed by atoms with Gasteiger partial charge in [0.15, 0.2) is 11.5 Å². The van der Waals surface area contributed by atoms with E-state index in [9.17, 15) is 9.59 Å². The summed E-state index contributed by atoms with van der Waals surface area (Å²) in [4.78, 5) is 24.1. The second-order valence-electron chi connectivity index (χ2n) is 5.75. The van der Waals surface area contributed by atoms with Crippen molar-refractivity contribution in [2.24, 2.45) is 11.0 Å². The molecule has 0 spiro atoms. The lowest BCUT2D eigenvalue weighted by atomic mass is 9.99. The van der Waals surface area contributed by atoms with Crippen LogP contribution in [0.25, 0.3) is 0 Å². The molecule has 0 aliphatic heterocycles. The fourth-order valence-corrected chi connectivity index (χ4v) is 2.47. The molecule has 0 aliphatic rings. The number of ether oxygens (including phenoxy) is 3. The molecule has 7 nitrogen and oxygen atoms in total. The number of nitrogens with zero attached hydrogens (tertiary/aromatic N) is 1. The summed E-state index contributed by atoms with van der Waals surface area (Å²) in [5.74, 6) is 0.118. The molecule has 1 atom stereocenters. The third-order valence-corrected chi connectivity index (χ3v) is 3.82. The maximum atomic E-state index is 12.1. The summed E-state index contributed by atoms with van der Waals surface area (Å²) in [6, 6.07) is 5.28. The standard InChI is InChI=1S/C19H28N2O5/c1-6-8-15(19(23)26-7-2)13(3)20-21-18(22)12-14-9-10-16(24-4)17(11-14)25-5/h9-11,15H,6-8,12H2,1-5H3,(H,21,22)/b20-13+/t15-/m0/s1. The van der Waals surface area contributed by atoms with Crippen molar-refractivity contribution >= 4 is 17.6 Å². The van der Waals surface area contributed by atoms with Crippen LogP contribution in [-0.4, -0.2) is 38.4 Å². The van der Waals surface area contributed by atoms with Crippen LogP contribution in [-0.2, 0) is 20.7 Å². The molecule has 26 heavy (non-hydrogen) atoms. The number of methoxy groups -OCH3 is 2. The maximum Gasteiger partial charge on any atom is 0.314 e. The molecule has 1 rings (SSSR count). The fourth-order valence-electron chi connectivity index (χ4n) is 2.47. The quantitative estimate of drug-likeness (QED) is 0.392. The fraction of sp³-hybridized carbons (Fsp3) is 0.526. The van der Waals surface area contributed by atoms with Crippen LogP contribution in [0.5, 0.6) is 11.5 Å². The minimum Gasteiger partial charge on any atom is -0.493 e. The molecule has 0 heterocycles. The van der Waals surface area contributed by atoms with E-state index >= 15 is 0 Å². The van der Waals surface area contributed by atoms with Crippen LogP contribution in [0.2, 0.25) is 0 Å². The van der Waals surface area contributed by atoms with Crippen molar-refractivity contribution in [2.75, 3.05) is 20.8 Å². The van der Waals surface area contributed by atoms with Crippen molar-refractivity contribution < 1.29 is 23.8 Å². The summed E-state index contributed by atoms with van der Waals surface area (Å²) in [5.41, 5.74) is 3.80. The summed E-state index contributed by atoms with van der Waals surface area (Å²) < 4.78 is 15.5. The summed E-state index contributed by atoms with van der Waals surface area (Å²) in [6.07, 6.45) is 1.57. The third kappa shape index (κ3) is 6.38. The minimum atomic E-state index is -0.443. The van der Waals surface area contributed by atoms with Gasteiger partial charge in [0.2, 0.25) is 5.91 Å². The number of hydrazone groups is 1. The minimum absolute atomic E-state index is 0.134. The molecular formula is C19H28N2O5. The van der Waals surface area contributed by atoms with E-state index in [1.54, 1.807) is 46.3 Å². The number of carbonyl (C=O) groups is 2. The number of hydrogen-bond donors (Lipinski definition) is 1. The Hall–Kier alpha value is -2.57. The van der Waals surface area contributed by atoms with Crippen molar-refractivity contribution in [3.8, 4) is 11.5 Å². The Bertz CT molecular complexity index is 643. The number of carbonyl (C=O) groups excluding carboxylic acids is 2. The average molecular weight is 364 g/mol. The lowest BCUT2D eigenvalue weighted by molar-refractivity contribution is -0.145. The van der Waals surface area contributed by atoms with Crippen molar-refractivity contribution in [3.05, 3.63) is 23.8 Å². The average Bonchev–Trinajstić information content (AvgIpc) is 2.64. The van der Waals surface area contributed by atoms with E-state index in [-0.39, 0.29) is 18.3 Å². The number of hydrogen-bond acceptors (Lipinski definition) is 6. The molecule has 0 unspecified atom stereocenters. The van der Waals surface area contributed by atoms with E-state index in [1.165, 1.54) is 0 Å². The molecule has 1 N–H and O–H groups in total. The summed E-state index contributed by atoms with van der Waals surface area (Å²) in [5, 5.41) is 4.08. The van der Waals surface area contributed by atoms with E-state index in [4.69, 9.17) is 14.2 Å². The zero-order valence-corrected chi connectivity index (χ0v) is 16.1. The molecule has 0 bridgehead atoms. The largest absolute Gasteiger partial charge is 0.493 e. The van der Waals surface area contributed by atoms with Gasteiger partial charge in [0, 0.05) is 5.71 Å². The molecule has 144 valence electrons. The van der Waals surface area contributed by atoms with Gasteiger partial charge in [-0.15, -0.1) is 0 Å². The van der Waals surface area contributed by atoms with Crippen LogP contribution in [0, 0.1) is 5.92 Å². The highest BCUT2D eigenvalue weighted by atomic mass is 16.5. The molecule has 0 fully saturated rings. The second-order valence-corrected chi connectivity index (χ2v) is 5.75. The Morgan fingerprint density at radius 1 is 1.15 bits per heavy atom. The summed E-state index contributed by atoms with van der Waals surface area (Å²) >= 11 is 0. The number of nitrogens with one attached hydrogen (secondary N) is 1. The molecular weight excluding hydrogens is 336 g/mol. The highest BCUT2D eigenvalue weighted by Gasteiger charge is 2.22. The maximum absolute atomic E-state index is 12.1. The Kier molecular flexibility index (Phi) is 9.19. The van der Waals surface area contributed by atoms with E-state index in [0.29, 0.717) is 30.2 Å². The zero-order chi connectivity index (χ0) is 19.5. The second kappa shape index (κ2) is 11.1. The van der Waals surface area contributed by atoms with Crippen molar-refractivity contribution in [3.63, 3.8) is 0 Å². The lowest BCUT2D eigenvalue weighted by Gasteiger charge is -2.14. The molecule has 0 radical (unpaired) electrons. The van der Waals surface area contributed by atoms with Gasteiger partial charge in [0.05, 0.1) is 33.2 Å². The number of rotatable bonds is 10. The van der Waals surface area contributed by atoms with E-state index in [2.05, 4.69) is 10.5 Å². The van der Waals surface area contributed by atoms with Gasteiger partial charge < -0.3 is 14.2 Å². The van der Waals surface area contributed by atoms with Crippen LogP contribution in [0.1, 0.15) is 39.2 Å². The van der Waals surface area contributed by atoms with Gasteiger partial charge in [-0.1, -0.05) is 19.4 Å². The Labute approximate surface area is 154 Å². The van der Waals surface area contributed by atoms with E-state index in [1.807, 2.05) is 6.92 Å². The normalized spacial score (nSPS) is 12.3. The summed E-state index contributed by atoms with van der Waals surface area (Å²) in [7, 11) is 3.09. The van der Waals surface area contributed by atoms with Crippen molar-refractivity contribution in [2.45, 2.75) is 40.0 Å².